The number of likely N-dealkylation sites (tertiary alicyclic amines) is 1. The third-order valence-corrected chi connectivity index (χ3v) is 6.73. The van der Waals surface area contributed by atoms with E-state index in [1.165, 1.54) is 17.7 Å². The Morgan fingerprint density at radius 3 is 2.38 bits per heavy atom. The number of nitrogens with zero attached hydrogens (tertiary/aromatic N) is 1. The van der Waals surface area contributed by atoms with E-state index in [1.807, 2.05) is 47.4 Å². The lowest BCUT2D eigenvalue weighted by Gasteiger charge is -2.37. The van der Waals surface area contributed by atoms with Gasteiger partial charge in [0, 0.05) is 30.8 Å². The summed E-state index contributed by atoms with van der Waals surface area (Å²) in [7, 11) is 1.65. The first-order valence-electron chi connectivity index (χ1n) is 11.5. The van der Waals surface area contributed by atoms with Gasteiger partial charge >= 0.3 is 0 Å². The van der Waals surface area contributed by atoms with E-state index in [2.05, 4.69) is 17.4 Å². The quantitative estimate of drug-likeness (QED) is 0.526. The van der Waals surface area contributed by atoms with Crippen LogP contribution in [0.5, 0.6) is 11.5 Å². The van der Waals surface area contributed by atoms with Crippen molar-refractivity contribution >= 4 is 11.6 Å². The molecule has 0 aromatic heterocycles. The smallest absolute Gasteiger partial charge is 0.253 e. The van der Waals surface area contributed by atoms with Crippen LogP contribution < -0.4 is 14.8 Å². The summed E-state index contributed by atoms with van der Waals surface area (Å²) >= 11 is 0. The van der Waals surface area contributed by atoms with Crippen LogP contribution in [0.3, 0.4) is 0 Å². The van der Waals surface area contributed by atoms with Crippen LogP contribution >= 0.6 is 0 Å². The van der Waals surface area contributed by atoms with Crippen molar-refractivity contribution < 1.29 is 18.7 Å². The van der Waals surface area contributed by atoms with E-state index in [4.69, 9.17) is 9.47 Å². The molecular formula is C28H27FN2O3. The minimum atomic E-state index is -0.238. The minimum Gasteiger partial charge on any atom is -0.497 e. The Labute approximate surface area is 198 Å². The molecule has 0 unspecified atom stereocenters. The van der Waals surface area contributed by atoms with Gasteiger partial charge in [-0.2, -0.15) is 0 Å². The van der Waals surface area contributed by atoms with Gasteiger partial charge in [-0.3, -0.25) is 4.79 Å². The highest BCUT2D eigenvalue weighted by Gasteiger charge is 2.31. The van der Waals surface area contributed by atoms with Crippen LogP contribution in [0.2, 0.25) is 0 Å². The third kappa shape index (κ3) is 4.49. The summed E-state index contributed by atoms with van der Waals surface area (Å²) in [5, 5.41) is 3.12. The number of hydrogen-bond donors (Lipinski definition) is 1. The van der Waals surface area contributed by atoms with Gasteiger partial charge < -0.3 is 19.7 Å². The number of fused-ring (bicyclic) bond motifs is 1. The van der Waals surface area contributed by atoms with Crippen molar-refractivity contribution in [3.63, 3.8) is 0 Å². The minimum absolute atomic E-state index is 0.0281. The van der Waals surface area contributed by atoms with Crippen LogP contribution in [0, 0.1) is 11.7 Å². The maximum Gasteiger partial charge on any atom is 0.253 e. The molecule has 3 aromatic rings. The number of benzene rings is 3. The number of anilines is 1. The molecule has 3 aromatic carbocycles. The fraction of sp³-hybridized carbons (Fsp3) is 0.250. The second-order valence-corrected chi connectivity index (χ2v) is 8.71. The van der Waals surface area contributed by atoms with Crippen LogP contribution in [-0.2, 0) is 0 Å². The van der Waals surface area contributed by atoms with Crippen molar-refractivity contribution in [2.24, 2.45) is 5.92 Å². The number of ether oxygens (including phenoxy) is 2. The molecule has 2 aliphatic rings. The van der Waals surface area contributed by atoms with E-state index in [-0.39, 0.29) is 17.6 Å². The lowest BCUT2D eigenvalue weighted by molar-refractivity contribution is 0.0683. The number of carbonyl (C=O) groups is 1. The van der Waals surface area contributed by atoms with Crippen molar-refractivity contribution in [1.29, 1.82) is 0 Å². The summed E-state index contributed by atoms with van der Waals surface area (Å²) in [5.74, 6) is 1.77. The highest BCUT2D eigenvalue weighted by Crippen LogP contribution is 2.39. The number of hydrogen-bond acceptors (Lipinski definition) is 4. The molecule has 2 aliphatic heterocycles. The van der Waals surface area contributed by atoms with Crippen molar-refractivity contribution in [3.8, 4) is 11.5 Å². The zero-order valence-corrected chi connectivity index (χ0v) is 19.0. The fourth-order valence-corrected chi connectivity index (χ4v) is 4.95. The lowest BCUT2D eigenvalue weighted by atomic mass is 9.76. The number of methoxy groups -OCH3 is 1. The molecule has 6 heteroatoms. The number of piperidine rings is 1. The highest BCUT2D eigenvalue weighted by atomic mass is 19.1. The molecule has 0 spiro atoms. The molecule has 0 radical (unpaired) electrons. The largest absolute Gasteiger partial charge is 0.497 e. The van der Waals surface area contributed by atoms with Gasteiger partial charge in [0.05, 0.1) is 12.8 Å². The molecule has 1 atom stereocenters. The first-order valence-corrected chi connectivity index (χ1v) is 11.5. The van der Waals surface area contributed by atoms with Gasteiger partial charge in [0.1, 0.15) is 23.6 Å². The summed E-state index contributed by atoms with van der Waals surface area (Å²) in [5.41, 5.74) is 3.70. The van der Waals surface area contributed by atoms with Crippen LogP contribution in [-0.4, -0.2) is 31.0 Å². The standard InChI is InChI=1S/C28H27FN2O3/c1-33-24-9-4-20(5-10-24)27(19-2-7-23(29)8-3-19)21-12-15-31(16-13-21)28(32)22-6-11-26-25(18-22)30-14-17-34-26/h2-11,14,17-18,21,27,30H,12-13,15-16H2,1H3/t27-/m1/s1. The van der Waals surface area contributed by atoms with E-state index < -0.39 is 0 Å². The van der Waals surface area contributed by atoms with Crippen molar-refractivity contribution in [1.82, 2.24) is 4.90 Å². The number of amides is 1. The predicted molar refractivity (Wildman–Crippen MR) is 130 cm³/mol. The first kappa shape index (κ1) is 22.0. The van der Waals surface area contributed by atoms with Gasteiger partial charge in [-0.25, -0.2) is 4.39 Å². The van der Waals surface area contributed by atoms with Gasteiger partial charge in [-0.1, -0.05) is 24.3 Å². The molecule has 0 saturated carbocycles. The number of carbonyl (C=O) groups excluding carboxylic acids is 1. The van der Waals surface area contributed by atoms with E-state index >= 15 is 0 Å². The Morgan fingerprint density at radius 2 is 1.71 bits per heavy atom. The second kappa shape index (κ2) is 9.59. The Balaban J connectivity index is 1.33. The van der Waals surface area contributed by atoms with Gasteiger partial charge in [0.15, 0.2) is 0 Å². The van der Waals surface area contributed by atoms with E-state index in [0.717, 1.165) is 29.8 Å². The molecule has 2 heterocycles. The molecule has 1 amide bonds. The Morgan fingerprint density at radius 1 is 1.03 bits per heavy atom. The number of halogens is 1. The predicted octanol–water partition coefficient (Wildman–Crippen LogP) is 5.79. The Bertz CT molecular complexity index is 1180. The molecule has 0 bridgehead atoms. The molecular weight excluding hydrogens is 431 g/mol. The van der Waals surface area contributed by atoms with Crippen molar-refractivity contribution in [2.75, 3.05) is 25.5 Å². The van der Waals surface area contributed by atoms with Gasteiger partial charge in [-0.15, -0.1) is 0 Å². The molecule has 0 aliphatic carbocycles. The van der Waals surface area contributed by atoms with Crippen LogP contribution in [0.15, 0.2) is 79.2 Å². The topological polar surface area (TPSA) is 50.8 Å². The molecule has 34 heavy (non-hydrogen) atoms. The average Bonchev–Trinajstić information content (AvgIpc) is 2.90. The van der Waals surface area contributed by atoms with Crippen LogP contribution in [0.1, 0.15) is 40.2 Å². The normalized spacial score (nSPS) is 16.2. The molecule has 1 fully saturated rings. The number of rotatable bonds is 5. The van der Waals surface area contributed by atoms with Gasteiger partial charge in [0.25, 0.3) is 5.91 Å². The highest BCUT2D eigenvalue weighted by molar-refractivity contribution is 5.95. The summed E-state index contributed by atoms with van der Waals surface area (Å²) in [6.07, 6.45) is 5.02. The maximum absolute atomic E-state index is 13.6. The molecule has 1 saturated heterocycles. The van der Waals surface area contributed by atoms with Crippen molar-refractivity contribution in [3.05, 3.63) is 102 Å². The third-order valence-electron chi connectivity index (χ3n) is 6.73. The summed E-state index contributed by atoms with van der Waals surface area (Å²) in [4.78, 5) is 15.1. The molecule has 5 nitrogen and oxygen atoms in total. The van der Waals surface area contributed by atoms with E-state index in [9.17, 15) is 9.18 Å². The summed E-state index contributed by atoms with van der Waals surface area (Å²) in [6, 6.07) is 20.4. The molecule has 1 N–H and O–H groups in total. The van der Waals surface area contributed by atoms with E-state index in [1.54, 1.807) is 19.6 Å². The zero-order valence-electron chi connectivity index (χ0n) is 19.0. The molecule has 174 valence electrons. The lowest BCUT2D eigenvalue weighted by Crippen LogP contribution is -2.40. The van der Waals surface area contributed by atoms with Gasteiger partial charge in [-0.05, 0) is 72.4 Å². The summed E-state index contributed by atoms with van der Waals surface area (Å²) < 4.78 is 24.4. The fourth-order valence-electron chi connectivity index (χ4n) is 4.95. The Hall–Kier alpha value is -3.80. The first-order chi connectivity index (χ1) is 16.6. The number of nitrogens with one attached hydrogen (secondary N) is 1. The monoisotopic (exact) mass is 458 g/mol. The van der Waals surface area contributed by atoms with Crippen molar-refractivity contribution in [2.45, 2.75) is 18.8 Å². The SMILES string of the molecule is COc1ccc([C@@H](c2ccc(F)cc2)C2CCN(C(=O)c3ccc4c(c3)NC=CO4)CC2)cc1. The van der Waals surface area contributed by atoms with E-state index in [0.29, 0.717) is 30.3 Å². The second-order valence-electron chi connectivity index (χ2n) is 8.71. The van der Waals surface area contributed by atoms with Crippen LogP contribution in [0.4, 0.5) is 10.1 Å². The average molecular weight is 459 g/mol. The zero-order chi connectivity index (χ0) is 23.5. The maximum atomic E-state index is 13.6. The molecule has 5 rings (SSSR count). The van der Waals surface area contributed by atoms with Gasteiger partial charge in [0.2, 0.25) is 0 Å². The summed E-state index contributed by atoms with van der Waals surface area (Å²) in [6.45, 7) is 1.36. The Kier molecular flexibility index (Phi) is 6.21. The van der Waals surface area contributed by atoms with Crippen LogP contribution in [0.25, 0.3) is 0 Å².